The number of hydrogen-bond acceptors (Lipinski definition) is 1. The Balaban J connectivity index is 2.50. The van der Waals surface area contributed by atoms with Crippen LogP contribution in [0.2, 0.25) is 0 Å². The van der Waals surface area contributed by atoms with E-state index >= 15 is 0 Å². The van der Waals surface area contributed by atoms with Crippen LogP contribution in [0, 0.1) is 12.7 Å². The van der Waals surface area contributed by atoms with Crippen LogP contribution in [0.5, 0.6) is 0 Å². The number of benzene rings is 1. The van der Waals surface area contributed by atoms with E-state index in [0.29, 0.717) is 6.54 Å². The Morgan fingerprint density at radius 3 is 2.93 bits per heavy atom. The molecule has 3 N–H and O–H groups in total. The third kappa shape index (κ3) is 1.88. The molecule has 0 bridgehead atoms. The van der Waals surface area contributed by atoms with Crippen LogP contribution in [0.3, 0.4) is 0 Å². The third-order valence-corrected chi connectivity index (χ3v) is 2.71. The van der Waals surface area contributed by atoms with Crippen molar-refractivity contribution in [3.8, 4) is 0 Å². The summed E-state index contributed by atoms with van der Waals surface area (Å²) in [6.45, 7) is 2.69. The van der Waals surface area contributed by atoms with E-state index in [2.05, 4.69) is 4.98 Å². The van der Waals surface area contributed by atoms with Crippen LogP contribution in [0.4, 0.5) is 4.39 Å². The van der Waals surface area contributed by atoms with Gasteiger partial charge in [-0.3, -0.25) is 0 Å². The second-order valence-corrected chi connectivity index (χ2v) is 3.81. The first kappa shape index (κ1) is 10.2. The van der Waals surface area contributed by atoms with Crippen molar-refractivity contribution in [3.05, 3.63) is 35.3 Å². The summed E-state index contributed by atoms with van der Waals surface area (Å²) in [4.78, 5) is 3.26. The molecule has 0 saturated carbocycles. The van der Waals surface area contributed by atoms with Gasteiger partial charge in [-0.15, -0.1) is 0 Å². The van der Waals surface area contributed by atoms with Crippen molar-refractivity contribution in [2.24, 2.45) is 5.73 Å². The molecule has 0 radical (unpaired) electrons. The first-order chi connectivity index (χ1) is 7.22. The van der Waals surface area contributed by atoms with Gasteiger partial charge in [-0.2, -0.15) is 0 Å². The molecule has 0 fully saturated rings. The minimum atomic E-state index is -0.185. The second kappa shape index (κ2) is 4.03. The SMILES string of the molecule is Cc1[nH]c2ccc(F)cc2c1CCCN. The molecule has 1 aromatic heterocycles. The second-order valence-electron chi connectivity index (χ2n) is 3.81. The molecule has 1 heterocycles. The van der Waals surface area contributed by atoms with Crippen molar-refractivity contribution in [1.82, 2.24) is 4.98 Å². The van der Waals surface area contributed by atoms with Crippen molar-refractivity contribution in [3.63, 3.8) is 0 Å². The van der Waals surface area contributed by atoms with Crippen molar-refractivity contribution >= 4 is 10.9 Å². The summed E-state index contributed by atoms with van der Waals surface area (Å²) in [5.74, 6) is -0.185. The maximum absolute atomic E-state index is 13.1. The molecule has 3 heteroatoms. The van der Waals surface area contributed by atoms with E-state index in [0.717, 1.165) is 29.4 Å². The monoisotopic (exact) mass is 206 g/mol. The highest BCUT2D eigenvalue weighted by atomic mass is 19.1. The smallest absolute Gasteiger partial charge is 0.123 e. The Morgan fingerprint density at radius 2 is 2.20 bits per heavy atom. The van der Waals surface area contributed by atoms with Crippen molar-refractivity contribution in [1.29, 1.82) is 0 Å². The van der Waals surface area contributed by atoms with Crippen LogP contribution in [0.1, 0.15) is 17.7 Å². The Hall–Kier alpha value is -1.35. The molecule has 0 spiro atoms. The highest BCUT2D eigenvalue weighted by Gasteiger charge is 2.08. The van der Waals surface area contributed by atoms with Crippen molar-refractivity contribution in [2.75, 3.05) is 6.54 Å². The molecule has 2 rings (SSSR count). The average Bonchev–Trinajstić information content (AvgIpc) is 2.51. The van der Waals surface area contributed by atoms with Gasteiger partial charge in [0, 0.05) is 16.6 Å². The molecule has 0 aliphatic rings. The third-order valence-electron chi connectivity index (χ3n) is 2.71. The summed E-state index contributed by atoms with van der Waals surface area (Å²) in [5.41, 5.74) is 8.79. The van der Waals surface area contributed by atoms with Gasteiger partial charge in [0.1, 0.15) is 5.82 Å². The number of H-pyrrole nitrogens is 1. The number of hydrogen-bond donors (Lipinski definition) is 2. The molecule has 2 aromatic rings. The Morgan fingerprint density at radius 1 is 1.40 bits per heavy atom. The summed E-state index contributed by atoms with van der Waals surface area (Å²) in [7, 11) is 0. The topological polar surface area (TPSA) is 41.8 Å². The molecule has 0 unspecified atom stereocenters. The van der Waals surface area contributed by atoms with Crippen molar-refractivity contribution < 1.29 is 4.39 Å². The largest absolute Gasteiger partial charge is 0.358 e. The number of aromatic amines is 1. The van der Waals surface area contributed by atoms with E-state index in [-0.39, 0.29) is 5.82 Å². The van der Waals surface area contributed by atoms with Crippen molar-refractivity contribution in [2.45, 2.75) is 19.8 Å². The number of rotatable bonds is 3. The summed E-state index contributed by atoms with van der Waals surface area (Å²) in [5, 5.41) is 0.987. The number of halogens is 1. The van der Waals surface area contributed by atoms with Gasteiger partial charge < -0.3 is 10.7 Å². The highest BCUT2D eigenvalue weighted by Crippen LogP contribution is 2.23. The van der Waals surface area contributed by atoms with E-state index in [1.54, 1.807) is 12.1 Å². The van der Waals surface area contributed by atoms with Crippen LogP contribution in [-0.4, -0.2) is 11.5 Å². The number of aromatic nitrogens is 1. The predicted octanol–water partition coefficient (Wildman–Crippen LogP) is 2.51. The molecular formula is C12H15FN2. The molecule has 0 aliphatic carbocycles. The lowest BCUT2D eigenvalue weighted by Gasteiger charge is -1.99. The van der Waals surface area contributed by atoms with Gasteiger partial charge in [-0.25, -0.2) is 4.39 Å². The van der Waals surface area contributed by atoms with Crippen LogP contribution < -0.4 is 5.73 Å². The molecule has 0 atom stereocenters. The summed E-state index contributed by atoms with van der Waals surface area (Å²) in [6, 6.07) is 4.85. The molecule has 2 nitrogen and oxygen atoms in total. The van der Waals surface area contributed by atoms with Gasteiger partial charge in [0.05, 0.1) is 0 Å². The molecule has 80 valence electrons. The number of nitrogens with two attached hydrogens (primary N) is 1. The van der Waals surface area contributed by atoms with E-state index in [9.17, 15) is 4.39 Å². The van der Waals surface area contributed by atoms with Crippen LogP contribution in [0.25, 0.3) is 10.9 Å². The zero-order chi connectivity index (χ0) is 10.8. The molecule has 15 heavy (non-hydrogen) atoms. The van der Waals surface area contributed by atoms with Gasteiger partial charge in [-0.1, -0.05) is 0 Å². The summed E-state index contributed by atoms with van der Waals surface area (Å²) >= 11 is 0. The zero-order valence-electron chi connectivity index (χ0n) is 8.81. The average molecular weight is 206 g/mol. The minimum Gasteiger partial charge on any atom is -0.358 e. The van der Waals surface area contributed by atoms with Gasteiger partial charge in [-0.05, 0) is 50.1 Å². The summed E-state index contributed by atoms with van der Waals surface area (Å²) < 4.78 is 13.1. The lowest BCUT2D eigenvalue weighted by Crippen LogP contribution is -2.00. The number of nitrogens with one attached hydrogen (secondary N) is 1. The zero-order valence-corrected chi connectivity index (χ0v) is 8.81. The number of aryl methyl sites for hydroxylation is 2. The van der Waals surface area contributed by atoms with Gasteiger partial charge in [0.15, 0.2) is 0 Å². The lowest BCUT2D eigenvalue weighted by molar-refractivity contribution is 0.629. The molecule has 0 saturated heterocycles. The fourth-order valence-electron chi connectivity index (χ4n) is 1.96. The normalized spacial score (nSPS) is 11.1. The maximum Gasteiger partial charge on any atom is 0.123 e. The van der Waals surface area contributed by atoms with Crippen LogP contribution in [-0.2, 0) is 6.42 Å². The Bertz CT molecular complexity index is 474. The van der Waals surface area contributed by atoms with Crippen LogP contribution >= 0.6 is 0 Å². The van der Waals surface area contributed by atoms with Gasteiger partial charge in [0.25, 0.3) is 0 Å². The van der Waals surface area contributed by atoms with Crippen LogP contribution in [0.15, 0.2) is 18.2 Å². The van der Waals surface area contributed by atoms with E-state index < -0.39 is 0 Å². The summed E-state index contributed by atoms with van der Waals surface area (Å²) in [6.07, 6.45) is 1.84. The van der Waals surface area contributed by atoms with E-state index in [4.69, 9.17) is 5.73 Å². The first-order valence-corrected chi connectivity index (χ1v) is 5.19. The molecule has 0 amide bonds. The highest BCUT2D eigenvalue weighted by molar-refractivity contribution is 5.84. The Labute approximate surface area is 88.3 Å². The lowest BCUT2D eigenvalue weighted by atomic mass is 10.1. The maximum atomic E-state index is 13.1. The molecular weight excluding hydrogens is 191 g/mol. The minimum absolute atomic E-state index is 0.185. The quantitative estimate of drug-likeness (QED) is 0.796. The molecule has 1 aromatic carbocycles. The van der Waals surface area contributed by atoms with E-state index in [1.165, 1.54) is 11.6 Å². The Kier molecular flexibility index (Phi) is 2.73. The van der Waals surface area contributed by atoms with E-state index in [1.807, 2.05) is 6.92 Å². The first-order valence-electron chi connectivity index (χ1n) is 5.19. The predicted molar refractivity (Wildman–Crippen MR) is 60.4 cm³/mol. The van der Waals surface area contributed by atoms with Gasteiger partial charge >= 0.3 is 0 Å². The standard InChI is InChI=1S/C12H15FN2/c1-8-10(3-2-6-14)11-7-9(13)4-5-12(11)15-8/h4-5,7,15H,2-3,6,14H2,1H3. The fourth-order valence-corrected chi connectivity index (χ4v) is 1.96. The van der Waals surface area contributed by atoms with Gasteiger partial charge in [0.2, 0.25) is 0 Å². The number of fused-ring (bicyclic) bond motifs is 1. The fraction of sp³-hybridized carbons (Fsp3) is 0.333. The molecule has 0 aliphatic heterocycles.